The zero-order valence-corrected chi connectivity index (χ0v) is 12.3. The average Bonchev–Trinajstić information content (AvgIpc) is 2.38. The molecule has 0 saturated carbocycles. The minimum Gasteiger partial charge on any atom is -0.390 e. The van der Waals surface area contributed by atoms with Crippen molar-refractivity contribution in [1.82, 2.24) is 5.32 Å². The van der Waals surface area contributed by atoms with Gasteiger partial charge in [-0.3, -0.25) is 0 Å². The molecule has 1 aliphatic heterocycles. The summed E-state index contributed by atoms with van der Waals surface area (Å²) in [6.45, 7) is 6.10. The monoisotopic (exact) mass is 261 g/mol. The molecule has 2 rings (SSSR count). The zero-order chi connectivity index (χ0) is 13.7. The number of nitrogens with one attached hydrogen (secondary N) is 1. The van der Waals surface area contributed by atoms with Crippen LogP contribution >= 0.6 is 0 Å². The fourth-order valence-corrected chi connectivity index (χ4v) is 2.72. The lowest BCUT2D eigenvalue weighted by atomic mass is 9.91. The summed E-state index contributed by atoms with van der Waals surface area (Å²) in [6.07, 6.45) is 5.63. The highest BCUT2D eigenvalue weighted by Gasteiger charge is 2.14. The molecule has 0 radical (unpaired) electrons. The zero-order valence-electron chi connectivity index (χ0n) is 12.3. The number of aliphatic hydroxyl groups is 1. The van der Waals surface area contributed by atoms with Crippen LogP contribution in [0.2, 0.25) is 0 Å². The second-order valence-corrected chi connectivity index (χ2v) is 6.55. The second-order valence-electron chi connectivity index (χ2n) is 6.55. The Labute approximate surface area is 117 Å². The molecule has 1 atom stereocenters. The fraction of sp³-hybridized carbons (Fsp3) is 0.647. The van der Waals surface area contributed by atoms with E-state index in [-0.39, 0.29) is 0 Å². The van der Waals surface area contributed by atoms with Gasteiger partial charge in [0.05, 0.1) is 5.60 Å². The quantitative estimate of drug-likeness (QED) is 0.854. The Morgan fingerprint density at radius 1 is 1.21 bits per heavy atom. The maximum atomic E-state index is 9.74. The molecule has 1 heterocycles. The highest BCUT2D eigenvalue weighted by atomic mass is 16.3. The number of hydrogen-bond donors (Lipinski definition) is 2. The minimum atomic E-state index is -0.563. The lowest BCUT2D eigenvalue weighted by Crippen LogP contribution is -2.30. The summed E-state index contributed by atoms with van der Waals surface area (Å²) in [6, 6.07) is 8.96. The van der Waals surface area contributed by atoms with Crippen LogP contribution in [0.25, 0.3) is 0 Å². The Hall–Kier alpha value is -0.860. The van der Waals surface area contributed by atoms with Crippen LogP contribution in [0.5, 0.6) is 0 Å². The Balaban J connectivity index is 1.83. The average molecular weight is 261 g/mol. The third kappa shape index (κ3) is 5.33. The molecule has 0 bridgehead atoms. The number of rotatable bonds is 5. The van der Waals surface area contributed by atoms with Crippen molar-refractivity contribution in [3.05, 3.63) is 35.4 Å². The van der Waals surface area contributed by atoms with Crippen molar-refractivity contribution in [3.8, 4) is 0 Å². The van der Waals surface area contributed by atoms with Crippen molar-refractivity contribution in [1.29, 1.82) is 0 Å². The smallest absolute Gasteiger partial charge is 0.0594 e. The van der Waals surface area contributed by atoms with Gasteiger partial charge < -0.3 is 10.4 Å². The Bertz CT molecular complexity index is 371. The van der Waals surface area contributed by atoms with Crippen molar-refractivity contribution in [2.24, 2.45) is 5.92 Å². The first-order valence-corrected chi connectivity index (χ1v) is 7.54. The third-order valence-corrected chi connectivity index (χ3v) is 3.97. The summed E-state index contributed by atoms with van der Waals surface area (Å²) >= 11 is 0. The number of piperidine rings is 1. The van der Waals surface area contributed by atoms with E-state index in [0.29, 0.717) is 0 Å². The van der Waals surface area contributed by atoms with Crippen molar-refractivity contribution < 1.29 is 5.11 Å². The molecule has 1 unspecified atom stereocenters. The fourth-order valence-electron chi connectivity index (χ4n) is 2.72. The van der Waals surface area contributed by atoms with E-state index in [0.717, 1.165) is 18.8 Å². The summed E-state index contributed by atoms with van der Waals surface area (Å²) in [5, 5.41) is 13.2. The number of hydrogen-bond acceptors (Lipinski definition) is 2. The van der Waals surface area contributed by atoms with Crippen LogP contribution in [0.3, 0.4) is 0 Å². The molecule has 2 nitrogen and oxygen atoms in total. The maximum absolute atomic E-state index is 9.74. The van der Waals surface area contributed by atoms with Crippen LogP contribution in [0.15, 0.2) is 24.3 Å². The van der Waals surface area contributed by atoms with Gasteiger partial charge in [-0.2, -0.15) is 0 Å². The van der Waals surface area contributed by atoms with E-state index in [1.165, 1.54) is 43.5 Å². The molecule has 0 amide bonds. The first-order chi connectivity index (χ1) is 9.03. The van der Waals surface area contributed by atoms with Gasteiger partial charge in [-0.1, -0.05) is 24.3 Å². The first kappa shape index (κ1) is 14.5. The van der Waals surface area contributed by atoms with Gasteiger partial charge in [0, 0.05) is 0 Å². The van der Waals surface area contributed by atoms with Crippen molar-refractivity contribution in [2.75, 3.05) is 13.1 Å². The molecule has 1 aliphatic rings. The molecular formula is C17H27NO. The van der Waals surface area contributed by atoms with Gasteiger partial charge in [0.2, 0.25) is 0 Å². The van der Waals surface area contributed by atoms with E-state index in [9.17, 15) is 5.11 Å². The topological polar surface area (TPSA) is 32.3 Å². The van der Waals surface area contributed by atoms with Crippen LogP contribution in [0, 0.1) is 5.92 Å². The minimum absolute atomic E-state index is 0.563. The molecule has 0 aromatic heterocycles. The molecule has 1 aromatic rings. The third-order valence-electron chi connectivity index (χ3n) is 3.97. The van der Waals surface area contributed by atoms with Gasteiger partial charge in [-0.15, -0.1) is 0 Å². The molecule has 1 saturated heterocycles. The Morgan fingerprint density at radius 2 is 1.89 bits per heavy atom. The van der Waals surface area contributed by atoms with E-state index in [1.54, 1.807) is 0 Å². The van der Waals surface area contributed by atoms with Crippen LogP contribution < -0.4 is 5.32 Å². The van der Waals surface area contributed by atoms with E-state index in [2.05, 4.69) is 29.6 Å². The summed E-state index contributed by atoms with van der Waals surface area (Å²) in [5.74, 6) is 0.802. The second kappa shape index (κ2) is 6.53. The predicted molar refractivity (Wildman–Crippen MR) is 80.4 cm³/mol. The van der Waals surface area contributed by atoms with Crippen LogP contribution in [-0.4, -0.2) is 23.8 Å². The molecule has 106 valence electrons. The molecular weight excluding hydrogens is 234 g/mol. The molecule has 1 fully saturated rings. The van der Waals surface area contributed by atoms with Crippen molar-refractivity contribution in [2.45, 2.75) is 51.6 Å². The molecule has 19 heavy (non-hydrogen) atoms. The van der Waals surface area contributed by atoms with E-state index >= 15 is 0 Å². The summed E-state index contributed by atoms with van der Waals surface area (Å²) < 4.78 is 0. The van der Waals surface area contributed by atoms with Gasteiger partial charge in [0.1, 0.15) is 0 Å². The highest BCUT2D eigenvalue weighted by molar-refractivity contribution is 5.23. The van der Waals surface area contributed by atoms with Gasteiger partial charge in [-0.05, 0) is 76.1 Å². The summed E-state index contributed by atoms with van der Waals surface area (Å²) in [4.78, 5) is 0. The Morgan fingerprint density at radius 3 is 2.47 bits per heavy atom. The largest absolute Gasteiger partial charge is 0.390 e. The van der Waals surface area contributed by atoms with Crippen molar-refractivity contribution >= 4 is 0 Å². The maximum Gasteiger partial charge on any atom is 0.0594 e. The standard InChI is InChI=1S/C17H27NO/c1-17(2,19)10-9-14-5-7-15(8-6-14)12-16-4-3-11-18-13-16/h5-8,16,18-19H,3-4,9-13H2,1-2H3. The van der Waals surface area contributed by atoms with Crippen molar-refractivity contribution in [3.63, 3.8) is 0 Å². The predicted octanol–water partition coefficient (Wildman–Crippen LogP) is 2.93. The van der Waals surface area contributed by atoms with E-state index < -0.39 is 5.60 Å². The summed E-state index contributed by atoms with van der Waals surface area (Å²) in [7, 11) is 0. The van der Waals surface area contributed by atoms with E-state index in [4.69, 9.17) is 0 Å². The molecule has 1 aromatic carbocycles. The molecule has 2 N–H and O–H groups in total. The lowest BCUT2D eigenvalue weighted by molar-refractivity contribution is 0.0714. The van der Waals surface area contributed by atoms with E-state index in [1.807, 2.05) is 13.8 Å². The SMILES string of the molecule is CC(C)(O)CCc1ccc(CC2CCCNC2)cc1. The van der Waals surface area contributed by atoms with Crippen LogP contribution in [-0.2, 0) is 12.8 Å². The van der Waals surface area contributed by atoms with Gasteiger partial charge >= 0.3 is 0 Å². The van der Waals surface area contributed by atoms with Gasteiger partial charge in [0.25, 0.3) is 0 Å². The Kier molecular flexibility index (Phi) is 5.00. The summed E-state index contributed by atoms with van der Waals surface area (Å²) in [5.41, 5.74) is 2.21. The molecule has 0 spiro atoms. The molecule has 0 aliphatic carbocycles. The lowest BCUT2D eigenvalue weighted by Gasteiger charge is -2.22. The highest BCUT2D eigenvalue weighted by Crippen LogP contribution is 2.18. The van der Waals surface area contributed by atoms with Gasteiger partial charge in [0.15, 0.2) is 0 Å². The molecule has 2 heteroatoms. The van der Waals surface area contributed by atoms with Crippen LogP contribution in [0.1, 0.15) is 44.2 Å². The first-order valence-electron chi connectivity index (χ1n) is 7.54. The van der Waals surface area contributed by atoms with Gasteiger partial charge in [-0.25, -0.2) is 0 Å². The van der Waals surface area contributed by atoms with Crippen LogP contribution in [0.4, 0.5) is 0 Å². The number of benzene rings is 1. The number of aryl methyl sites for hydroxylation is 1. The normalized spacial score (nSPS) is 20.5.